The first-order valence-electron chi connectivity index (χ1n) is 7.27. The minimum atomic E-state index is -0.616. The van der Waals surface area contributed by atoms with Crippen LogP contribution in [0, 0.1) is 0 Å². The van der Waals surface area contributed by atoms with Crippen molar-refractivity contribution in [1.29, 1.82) is 0 Å². The molecule has 0 aliphatic rings. The van der Waals surface area contributed by atoms with Crippen molar-refractivity contribution in [3.63, 3.8) is 0 Å². The Bertz CT molecular complexity index is 916. The van der Waals surface area contributed by atoms with Crippen LogP contribution < -0.4 is 4.74 Å². The quantitative estimate of drug-likeness (QED) is 0.618. The van der Waals surface area contributed by atoms with E-state index in [-0.39, 0.29) is 22.8 Å². The van der Waals surface area contributed by atoms with Gasteiger partial charge in [-0.05, 0) is 31.2 Å². The number of carbonyl (C=O) groups excluding carboxylic acids is 2. The monoisotopic (exact) mass is 360 g/mol. The first kappa shape index (κ1) is 16.5. The highest BCUT2D eigenvalue weighted by Gasteiger charge is 2.24. The van der Waals surface area contributed by atoms with Crippen molar-refractivity contribution < 1.29 is 19.1 Å². The number of fused-ring (bicyclic) bond motifs is 1. The van der Waals surface area contributed by atoms with Gasteiger partial charge in [-0.1, -0.05) is 35.9 Å². The molecule has 0 bridgehead atoms. The van der Waals surface area contributed by atoms with E-state index in [1.165, 1.54) is 11.3 Å². The highest BCUT2D eigenvalue weighted by molar-refractivity contribution is 7.21. The molecule has 0 aliphatic heterocycles. The average Bonchev–Trinajstić information content (AvgIpc) is 2.94. The fraction of sp³-hybridized carbons (Fsp3) is 0.111. The summed E-state index contributed by atoms with van der Waals surface area (Å²) < 4.78 is 11.4. The van der Waals surface area contributed by atoms with Gasteiger partial charge >= 0.3 is 11.9 Å². The summed E-state index contributed by atoms with van der Waals surface area (Å²) in [6, 6.07) is 13.9. The van der Waals surface area contributed by atoms with Crippen molar-refractivity contribution in [2.45, 2.75) is 6.92 Å². The number of ether oxygens (including phenoxy) is 2. The van der Waals surface area contributed by atoms with Gasteiger partial charge in [-0.25, -0.2) is 9.59 Å². The highest BCUT2D eigenvalue weighted by Crippen LogP contribution is 2.38. The third-order valence-corrected chi connectivity index (χ3v) is 4.76. The van der Waals surface area contributed by atoms with Crippen LogP contribution in [0.2, 0.25) is 5.02 Å². The van der Waals surface area contributed by atoms with Gasteiger partial charge in [0.25, 0.3) is 0 Å². The van der Waals surface area contributed by atoms with Crippen LogP contribution in [0.5, 0.6) is 5.75 Å². The zero-order valence-corrected chi connectivity index (χ0v) is 14.3. The van der Waals surface area contributed by atoms with Gasteiger partial charge in [0.1, 0.15) is 0 Å². The number of benzene rings is 2. The molecule has 0 saturated heterocycles. The lowest BCUT2D eigenvalue weighted by atomic mass is 10.2. The van der Waals surface area contributed by atoms with Crippen LogP contribution in [0.15, 0.2) is 48.5 Å². The van der Waals surface area contributed by atoms with E-state index >= 15 is 0 Å². The second kappa shape index (κ2) is 7.03. The topological polar surface area (TPSA) is 52.6 Å². The van der Waals surface area contributed by atoms with Crippen molar-refractivity contribution in [2.24, 2.45) is 0 Å². The van der Waals surface area contributed by atoms with Gasteiger partial charge in [-0.15, -0.1) is 11.3 Å². The standard InChI is InChI=1S/C18H13ClO4S/c1-2-22-18(21)16-15(12-8-4-6-10-14(12)24-16)23-17(20)11-7-3-5-9-13(11)19/h3-10H,2H2,1H3. The van der Waals surface area contributed by atoms with Gasteiger partial charge in [0.2, 0.25) is 0 Å². The summed E-state index contributed by atoms with van der Waals surface area (Å²) in [6.45, 7) is 1.96. The van der Waals surface area contributed by atoms with Gasteiger partial charge < -0.3 is 9.47 Å². The number of carbonyl (C=O) groups is 2. The average molecular weight is 361 g/mol. The highest BCUT2D eigenvalue weighted by atomic mass is 35.5. The fourth-order valence-electron chi connectivity index (χ4n) is 2.23. The third-order valence-electron chi connectivity index (χ3n) is 3.30. The Morgan fingerprint density at radius 1 is 1.04 bits per heavy atom. The summed E-state index contributed by atoms with van der Waals surface area (Å²) in [5.41, 5.74) is 0.240. The summed E-state index contributed by atoms with van der Waals surface area (Å²) >= 11 is 7.27. The molecule has 2 aromatic carbocycles. The number of thiophene rings is 1. The Morgan fingerprint density at radius 3 is 2.50 bits per heavy atom. The van der Waals surface area contributed by atoms with Crippen molar-refractivity contribution in [2.75, 3.05) is 6.61 Å². The van der Waals surface area contributed by atoms with Crippen LogP contribution in [0.3, 0.4) is 0 Å². The summed E-state index contributed by atoms with van der Waals surface area (Å²) in [7, 11) is 0. The molecule has 0 aliphatic carbocycles. The molecule has 0 amide bonds. The van der Waals surface area contributed by atoms with Gasteiger partial charge in [0.05, 0.1) is 17.2 Å². The Morgan fingerprint density at radius 2 is 1.75 bits per heavy atom. The number of hydrogen-bond acceptors (Lipinski definition) is 5. The smallest absolute Gasteiger partial charge is 0.352 e. The molecule has 1 aromatic heterocycles. The van der Waals surface area contributed by atoms with Gasteiger partial charge in [-0.3, -0.25) is 0 Å². The van der Waals surface area contributed by atoms with Gasteiger partial charge in [-0.2, -0.15) is 0 Å². The molecular formula is C18H13ClO4S. The maximum atomic E-state index is 12.5. The normalized spacial score (nSPS) is 10.6. The second-order valence-corrected chi connectivity index (χ2v) is 6.31. The Labute approximate surface area is 147 Å². The maximum absolute atomic E-state index is 12.5. The molecule has 3 aromatic rings. The molecule has 0 atom stereocenters. The Kier molecular flexibility index (Phi) is 4.83. The summed E-state index contributed by atoms with van der Waals surface area (Å²) in [5.74, 6) is -0.922. The van der Waals surface area contributed by atoms with E-state index in [0.717, 1.165) is 4.70 Å². The molecule has 6 heteroatoms. The lowest BCUT2D eigenvalue weighted by Gasteiger charge is -2.07. The fourth-order valence-corrected chi connectivity index (χ4v) is 3.47. The van der Waals surface area contributed by atoms with Gasteiger partial charge in [0.15, 0.2) is 10.6 Å². The van der Waals surface area contributed by atoms with Crippen molar-refractivity contribution in [3.8, 4) is 5.75 Å². The van der Waals surface area contributed by atoms with E-state index in [1.54, 1.807) is 37.3 Å². The van der Waals surface area contributed by atoms with E-state index in [1.807, 2.05) is 18.2 Å². The molecular weight excluding hydrogens is 348 g/mol. The lowest BCUT2D eigenvalue weighted by Crippen LogP contribution is -2.12. The minimum absolute atomic E-state index is 0.207. The van der Waals surface area contributed by atoms with E-state index < -0.39 is 11.9 Å². The third kappa shape index (κ3) is 3.13. The molecule has 0 saturated carbocycles. The Balaban J connectivity index is 2.04. The van der Waals surface area contributed by atoms with Crippen molar-refractivity contribution in [3.05, 3.63) is 64.0 Å². The molecule has 122 valence electrons. The molecule has 0 unspecified atom stereocenters. The van der Waals surface area contributed by atoms with E-state index in [4.69, 9.17) is 21.1 Å². The predicted molar refractivity (Wildman–Crippen MR) is 94.2 cm³/mol. The van der Waals surface area contributed by atoms with Crippen molar-refractivity contribution >= 4 is 45.0 Å². The molecule has 0 N–H and O–H groups in total. The zero-order valence-electron chi connectivity index (χ0n) is 12.7. The largest absolute Gasteiger partial charge is 0.462 e. The molecule has 0 spiro atoms. The van der Waals surface area contributed by atoms with Crippen LogP contribution in [0.25, 0.3) is 10.1 Å². The predicted octanol–water partition coefficient (Wildman–Crippen LogP) is 4.95. The molecule has 3 rings (SSSR count). The Hall–Kier alpha value is -2.37. The van der Waals surface area contributed by atoms with Crippen LogP contribution in [0.4, 0.5) is 0 Å². The second-order valence-electron chi connectivity index (χ2n) is 4.85. The summed E-state index contributed by atoms with van der Waals surface area (Å²) in [5, 5.41) is 0.977. The van der Waals surface area contributed by atoms with E-state index in [2.05, 4.69) is 0 Å². The number of rotatable bonds is 4. The van der Waals surface area contributed by atoms with Crippen molar-refractivity contribution in [1.82, 2.24) is 0 Å². The minimum Gasteiger partial charge on any atom is -0.462 e. The van der Waals surface area contributed by atoms with Crippen LogP contribution in [-0.2, 0) is 4.74 Å². The number of halogens is 1. The summed E-state index contributed by atoms with van der Waals surface area (Å²) in [6.07, 6.45) is 0. The first-order chi connectivity index (χ1) is 11.6. The molecule has 0 radical (unpaired) electrons. The van der Waals surface area contributed by atoms with E-state index in [0.29, 0.717) is 10.4 Å². The maximum Gasteiger partial charge on any atom is 0.352 e. The lowest BCUT2D eigenvalue weighted by molar-refractivity contribution is 0.0527. The SMILES string of the molecule is CCOC(=O)c1sc2ccccc2c1OC(=O)c1ccccc1Cl. The number of esters is 2. The van der Waals surface area contributed by atoms with Crippen LogP contribution >= 0.6 is 22.9 Å². The number of hydrogen-bond donors (Lipinski definition) is 0. The van der Waals surface area contributed by atoms with E-state index in [9.17, 15) is 9.59 Å². The molecule has 0 fully saturated rings. The molecule has 1 heterocycles. The molecule has 24 heavy (non-hydrogen) atoms. The summed E-state index contributed by atoms with van der Waals surface area (Å²) in [4.78, 5) is 24.9. The first-order valence-corrected chi connectivity index (χ1v) is 8.46. The van der Waals surface area contributed by atoms with Gasteiger partial charge in [0, 0.05) is 10.1 Å². The molecule has 4 nitrogen and oxygen atoms in total. The van der Waals surface area contributed by atoms with Crippen LogP contribution in [0.1, 0.15) is 27.0 Å². The van der Waals surface area contributed by atoms with Crippen LogP contribution in [-0.4, -0.2) is 18.5 Å². The zero-order chi connectivity index (χ0) is 17.1.